The normalized spacial score (nSPS) is 21.6. The van der Waals surface area contributed by atoms with Crippen LogP contribution in [0.1, 0.15) is 13.8 Å². The van der Waals surface area contributed by atoms with Crippen molar-refractivity contribution in [3.05, 3.63) is 0 Å². The molecule has 0 aliphatic carbocycles. The van der Waals surface area contributed by atoms with E-state index in [9.17, 15) is 0 Å². The van der Waals surface area contributed by atoms with Gasteiger partial charge in [0, 0.05) is 0 Å². The molecule has 0 amide bonds. The monoisotopic (exact) mass is 216 g/mol. The maximum absolute atomic E-state index is 5.43. The second-order valence-corrected chi connectivity index (χ2v) is 5.38. The molecule has 3 heteroatoms. The molecular formula is C12H28N2O+2. The molecule has 0 atom stereocenters. The fourth-order valence-corrected chi connectivity index (χ4v) is 2.03. The van der Waals surface area contributed by atoms with Gasteiger partial charge in [-0.2, -0.15) is 0 Å². The number of ether oxygens (including phenoxy) is 1. The summed E-state index contributed by atoms with van der Waals surface area (Å²) in [6.45, 7) is 13.9. The Bertz CT molecular complexity index is 184. The molecule has 0 aromatic rings. The van der Waals surface area contributed by atoms with Crippen molar-refractivity contribution in [3.63, 3.8) is 0 Å². The van der Waals surface area contributed by atoms with Crippen LogP contribution in [0.15, 0.2) is 0 Å². The Morgan fingerprint density at radius 2 is 1.67 bits per heavy atom. The lowest BCUT2D eigenvalue weighted by atomic mass is 10.3. The highest BCUT2D eigenvalue weighted by molar-refractivity contribution is 4.47. The zero-order valence-corrected chi connectivity index (χ0v) is 11.0. The maximum Gasteiger partial charge on any atom is 0.128 e. The predicted octanol–water partition coefficient (Wildman–Crippen LogP) is 0.950. The smallest absolute Gasteiger partial charge is 0.128 e. The summed E-state index contributed by atoms with van der Waals surface area (Å²) in [4.78, 5) is 0. The molecule has 1 aliphatic heterocycles. The van der Waals surface area contributed by atoms with Gasteiger partial charge in [-0.25, -0.2) is 0 Å². The first kappa shape index (κ1) is 12.9. The Kier molecular flexibility index (Phi) is 4.56. The van der Waals surface area contributed by atoms with E-state index in [-0.39, 0.29) is 0 Å². The number of likely N-dealkylation sites (N-methyl/N-ethyl adjacent to an activating group) is 2. The summed E-state index contributed by atoms with van der Waals surface area (Å²) >= 11 is 0. The Labute approximate surface area is 94.8 Å². The SMILES string of the molecule is CC[N+](C)(CC)CC[N+]1(C)CCOCC1. The zero-order valence-electron chi connectivity index (χ0n) is 11.0. The van der Waals surface area contributed by atoms with Gasteiger partial charge in [-0.1, -0.05) is 0 Å². The summed E-state index contributed by atoms with van der Waals surface area (Å²) in [6, 6.07) is 0. The topological polar surface area (TPSA) is 9.23 Å². The van der Waals surface area contributed by atoms with E-state index in [1.807, 2.05) is 0 Å². The third-order valence-electron chi connectivity index (χ3n) is 4.26. The summed E-state index contributed by atoms with van der Waals surface area (Å²) in [5.74, 6) is 0. The standard InChI is InChI=1S/C12H28N2O/c1-5-13(3,6-2)7-8-14(4)9-11-15-12-10-14/h5-12H2,1-4H3/q+2. The summed E-state index contributed by atoms with van der Waals surface area (Å²) in [5.41, 5.74) is 0. The van der Waals surface area contributed by atoms with Crippen LogP contribution in [0.4, 0.5) is 0 Å². The Morgan fingerprint density at radius 3 is 2.13 bits per heavy atom. The van der Waals surface area contributed by atoms with E-state index in [2.05, 4.69) is 27.9 Å². The molecule has 15 heavy (non-hydrogen) atoms. The first-order chi connectivity index (χ1) is 7.04. The van der Waals surface area contributed by atoms with Crippen LogP contribution in [-0.2, 0) is 4.74 Å². The molecule has 0 aromatic heterocycles. The van der Waals surface area contributed by atoms with Crippen LogP contribution >= 0.6 is 0 Å². The van der Waals surface area contributed by atoms with Gasteiger partial charge < -0.3 is 13.7 Å². The van der Waals surface area contributed by atoms with Crippen molar-refractivity contribution in [2.75, 3.05) is 66.6 Å². The summed E-state index contributed by atoms with van der Waals surface area (Å²) in [5, 5.41) is 0. The van der Waals surface area contributed by atoms with Crippen LogP contribution in [0.25, 0.3) is 0 Å². The Balaban J connectivity index is 2.40. The highest BCUT2D eigenvalue weighted by Crippen LogP contribution is 2.10. The van der Waals surface area contributed by atoms with E-state index in [0.29, 0.717) is 0 Å². The van der Waals surface area contributed by atoms with E-state index in [0.717, 1.165) is 13.2 Å². The predicted molar refractivity (Wildman–Crippen MR) is 63.7 cm³/mol. The average molecular weight is 216 g/mol. The Hall–Kier alpha value is -0.120. The maximum atomic E-state index is 5.43. The molecule has 1 fully saturated rings. The minimum atomic E-state index is 0.943. The van der Waals surface area contributed by atoms with Gasteiger partial charge >= 0.3 is 0 Å². The molecule has 1 heterocycles. The van der Waals surface area contributed by atoms with E-state index < -0.39 is 0 Å². The molecule has 1 rings (SSSR count). The van der Waals surface area contributed by atoms with Gasteiger partial charge in [0.2, 0.25) is 0 Å². The van der Waals surface area contributed by atoms with Gasteiger partial charge in [0.1, 0.15) is 26.2 Å². The van der Waals surface area contributed by atoms with Gasteiger partial charge in [0.05, 0.1) is 40.4 Å². The largest absolute Gasteiger partial charge is 0.370 e. The highest BCUT2D eigenvalue weighted by Gasteiger charge is 2.28. The summed E-state index contributed by atoms with van der Waals surface area (Å²) in [7, 11) is 4.74. The number of hydrogen-bond acceptors (Lipinski definition) is 1. The fraction of sp³-hybridized carbons (Fsp3) is 1.00. The van der Waals surface area contributed by atoms with Gasteiger partial charge in [-0.3, -0.25) is 0 Å². The summed E-state index contributed by atoms with van der Waals surface area (Å²) in [6.07, 6.45) is 0. The molecule has 0 bridgehead atoms. The quantitative estimate of drug-likeness (QED) is 0.622. The van der Waals surface area contributed by atoms with E-state index in [1.54, 1.807) is 0 Å². The molecule has 1 aliphatic rings. The number of rotatable bonds is 5. The Morgan fingerprint density at radius 1 is 1.13 bits per heavy atom. The molecule has 0 radical (unpaired) electrons. The van der Waals surface area contributed by atoms with Crippen LogP contribution in [0.2, 0.25) is 0 Å². The van der Waals surface area contributed by atoms with E-state index >= 15 is 0 Å². The molecule has 1 saturated heterocycles. The van der Waals surface area contributed by atoms with Crippen molar-refractivity contribution in [2.24, 2.45) is 0 Å². The molecule has 0 spiro atoms. The molecule has 0 N–H and O–H groups in total. The third-order valence-corrected chi connectivity index (χ3v) is 4.26. The number of morpholine rings is 1. The van der Waals surface area contributed by atoms with E-state index in [4.69, 9.17) is 4.74 Å². The lowest BCUT2D eigenvalue weighted by molar-refractivity contribution is -0.965. The van der Waals surface area contributed by atoms with Crippen molar-refractivity contribution in [3.8, 4) is 0 Å². The third kappa shape index (κ3) is 3.74. The number of quaternary nitrogens is 2. The van der Waals surface area contributed by atoms with Crippen LogP contribution in [0, 0.1) is 0 Å². The minimum absolute atomic E-state index is 0.943. The van der Waals surface area contributed by atoms with Crippen LogP contribution in [-0.4, -0.2) is 75.5 Å². The average Bonchev–Trinajstić information content (AvgIpc) is 2.27. The van der Waals surface area contributed by atoms with Gasteiger partial charge in [0.25, 0.3) is 0 Å². The van der Waals surface area contributed by atoms with Crippen molar-refractivity contribution in [1.29, 1.82) is 0 Å². The van der Waals surface area contributed by atoms with Gasteiger partial charge in [-0.05, 0) is 13.8 Å². The molecule has 0 unspecified atom stereocenters. The van der Waals surface area contributed by atoms with Crippen LogP contribution in [0.3, 0.4) is 0 Å². The molecule has 0 aromatic carbocycles. The minimum Gasteiger partial charge on any atom is -0.370 e. The highest BCUT2D eigenvalue weighted by atomic mass is 16.5. The second-order valence-electron chi connectivity index (χ2n) is 5.38. The van der Waals surface area contributed by atoms with Gasteiger partial charge in [0.15, 0.2) is 0 Å². The molecule has 90 valence electrons. The lowest BCUT2D eigenvalue weighted by Crippen LogP contribution is -2.58. The van der Waals surface area contributed by atoms with Crippen molar-refractivity contribution >= 4 is 0 Å². The van der Waals surface area contributed by atoms with E-state index in [1.165, 1.54) is 48.2 Å². The fourth-order valence-electron chi connectivity index (χ4n) is 2.03. The van der Waals surface area contributed by atoms with Crippen molar-refractivity contribution < 1.29 is 13.7 Å². The van der Waals surface area contributed by atoms with Crippen molar-refractivity contribution in [2.45, 2.75) is 13.8 Å². The molecule has 0 saturated carbocycles. The van der Waals surface area contributed by atoms with Gasteiger partial charge in [-0.15, -0.1) is 0 Å². The van der Waals surface area contributed by atoms with Crippen LogP contribution in [0.5, 0.6) is 0 Å². The van der Waals surface area contributed by atoms with Crippen molar-refractivity contribution in [1.82, 2.24) is 0 Å². The summed E-state index contributed by atoms with van der Waals surface area (Å²) < 4.78 is 7.83. The first-order valence-corrected chi connectivity index (χ1v) is 6.28. The number of hydrogen-bond donors (Lipinski definition) is 0. The first-order valence-electron chi connectivity index (χ1n) is 6.28. The lowest BCUT2D eigenvalue weighted by Gasteiger charge is -2.41. The molecular weight excluding hydrogens is 188 g/mol. The zero-order chi connectivity index (χ0) is 11.4. The second kappa shape index (κ2) is 5.28. The molecule has 3 nitrogen and oxygen atoms in total. The number of nitrogens with zero attached hydrogens (tertiary/aromatic N) is 2. The van der Waals surface area contributed by atoms with Crippen LogP contribution < -0.4 is 0 Å².